The van der Waals surface area contributed by atoms with E-state index < -0.39 is 0 Å². The Balaban J connectivity index is 2.18. The van der Waals surface area contributed by atoms with Gasteiger partial charge < -0.3 is 5.32 Å². The van der Waals surface area contributed by atoms with Gasteiger partial charge in [-0.3, -0.25) is 0 Å². The van der Waals surface area contributed by atoms with Gasteiger partial charge in [-0.2, -0.15) is 0 Å². The molecule has 0 bridgehead atoms. The molecule has 2 aliphatic rings. The summed E-state index contributed by atoms with van der Waals surface area (Å²) in [5.41, 5.74) is 1.90. The van der Waals surface area contributed by atoms with E-state index in [1.165, 1.54) is 18.4 Å². The van der Waals surface area contributed by atoms with Gasteiger partial charge in [0, 0.05) is 5.54 Å². The van der Waals surface area contributed by atoms with E-state index in [9.17, 15) is 0 Å². The number of allylic oxidation sites excluding steroid dienone is 5. The van der Waals surface area contributed by atoms with Crippen molar-refractivity contribution >= 4 is 0 Å². The van der Waals surface area contributed by atoms with Gasteiger partial charge in [-0.1, -0.05) is 30.4 Å². The molecule has 0 saturated heterocycles. The zero-order chi connectivity index (χ0) is 8.44. The highest BCUT2D eigenvalue weighted by molar-refractivity contribution is 5.35. The third kappa shape index (κ3) is 1.25. The first-order valence-electron chi connectivity index (χ1n) is 4.59. The van der Waals surface area contributed by atoms with Crippen molar-refractivity contribution in [3.63, 3.8) is 0 Å². The molecule has 0 aromatic heterocycles. The molecule has 1 saturated carbocycles. The topological polar surface area (TPSA) is 12.0 Å². The van der Waals surface area contributed by atoms with Crippen molar-refractivity contribution < 1.29 is 0 Å². The van der Waals surface area contributed by atoms with E-state index in [-0.39, 0.29) is 0 Å². The minimum Gasteiger partial charge on any atom is -0.311 e. The van der Waals surface area contributed by atoms with Crippen LogP contribution in [-0.2, 0) is 0 Å². The Labute approximate surface area is 73.9 Å². The Kier molecular flexibility index (Phi) is 1.89. The Morgan fingerprint density at radius 3 is 2.75 bits per heavy atom. The van der Waals surface area contributed by atoms with E-state index in [2.05, 4.69) is 42.7 Å². The molecule has 0 radical (unpaired) electrons. The van der Waals surface area contributed by atoms with E-state index in [0.717, 1.165) is 6.42 Å². The molecule has 64 valence electrons. The molecule has 2 rings (SSSR count). The van der Waals surface area contributed by atoms with E-state index in [1.807, 2.05) is 0 Å². The molecular weight excluding hydrogens is 146 g/mol. The molecule has 0 atom stereocenters. The number of rotatable bonds is 2. The maximum atomic E-state index is 3.41. The van der Waals surface area contributed by atoms with E-state index in [0.29, 0.717) is 5.54 Å². The number of hydrogen-bond donors (Lipinski definition) is 1. The van der Waals surface area contributed by atoms with Crippen LogP contribution in [0.2, 0.25) is 0 Å². The van der Waals surface area contributed by atoms with Crippen molar-refractivity contribution in [1.29, 1.82) is 0 Å². The summed E-state index contributed by atoms with van der Waals surface area (Å²) >= 11 is 0. The summed E-state index contributed by atoms with van der Waals surface area (Å²) in [5.74, 6) is 0. The lowest BCUT2D eigenvalue weighted by Crippen LogP contribution is -2.29. The molecule has 12 heavy (non-hydrogen) atoms. The van der Waals surface area contributed by atoms with E-state index in [1.54, 1.807) is 0 Å². The maximum absolute atomic E-state index is 3.41. The van der Waals surface area contributed by atoms with Crippen LogP contribution in [-0.4, -0.2) is 12.6 Å². The smallest absolute Gasteiger partial charge is 0.0399 e. The van der Waals surface area contributed by atoms with Gasteiger partial charge in [0.1, 0.15) is 0 Å². The normalized spacial score (nSPS) is 24.9. The zero-order valence-electron chi connectivity index (χ0n) is 7.51. The molecule has 0 amide bonds. The molecule has 0 aromatic rings. The third-order valence-electron chi connectivity index (χ3n) is 2.84. The minimum absolute atomic E-state index is 0.360. The molecular formula is C11H15N. The van der Waals surface area contributed by atoms with Crippen LogP contribution in [0, 0.1) is 0 Å². The van der Waals surface area contributed by atoms with Crippen LogP contribution in [0.25, 0.3) is 0 Å². The van der Waals surface area contributed by atoms with Crippen LogP contribution >= 0.6 is 0 Å². The summed E-state index contributed by atoms with van der Waals surface area (Å²) in [6.45, 7) is 0. The monoisotopic (exact) mass is 161 g/mol. The lowest BCUT2D eigenvalue weighted by Gasteiger charge is -2.16. The van der Waals surface area contributed by atoms with E-state index >= 15 is 0 Å². The molecule has 1 fully saturated rings. The summed E-state index contributed by atoms with van der Waals surface area (Å²) in [6.07, 6.45) is 14.5. The largest absolute Gasteiger partial charge is 0.311 e. The molecule has 0 heterocycles. The summed E-state index contributed by atoms with van der Waals surface area (Å²) in [7, 11) is 2.06. The van der Waals surface area contributed by atoms with Crippen molar-refractivity contribution in [3.05, 3.63) is 36.0 Å². The highest BCUT2D eigenvalue weighted by Gasteiger charge is 2.43. The molecule has 1 N–H and O–H groups in total. The number of likely N-dealkylation sites (N-methyl/N-ethyl adjacent to an activating group) is 1. The first-order chi connectivity index (χ1) is 5.87. The fraction of sp³-hybridized carbons (Fsp3) is 0.455. The van der Waals surface area contributed by atoms with Crippen LogP contribution in [0.4, 0.5) is 0 Å². The molecule has 0 unspecified atom stereocenters. The van der Waals surface area contributed by atoms with Gasteiger partial charge in [-0.25, -0.2) is 0 Å². The van der Waals surface area contributed by atoms with Crippen molar-refractivity contribution in [2.24, 2.45) is 0 Å². The van der Waals surface area contributed by atoms with Gasteiger partial charge in [0.2, 0.25) is 0 Å². The highest BCUT2D eigenvalue weighted by atomic mass is 15.0. The first-order valence-corrected chi connectivity index (χ1v) is 4.59. The van der Waals surface area contributed by atoms with Crippen molar-refractivity contribution in [2.45, 2.75) is 24.8 Å². The van der Waals surface area contributed by atoms with Crippen molar-refractivity contribution in [1.82, 2.24) is 5.32 Å². The first kappa shape index (κ1) is 7.81. The minimum atomic E-state index is 0.360. The Hall–Kier alpha value is -0.820. The lowest BCUT2D eigenvalue weighted by atomic mass is 10.0. The summed E-state index contributed by atoms with van der Waals surface area (Å²) < 4.78 is 0. The van der Waals surface area contributed by atoms with Gasteiger partial charge in [0.05, 0.1) is 0 Å². The Morgan fingerprint density at radius 1 is 1.25 bits per heavy atom. The second-order valence-corrected chi connectivity index (χ2v) is 3.54. The second kappa shape index (κ2) is 2.91. The molecule has 2 aliphatic carbocycles. The van der Waals surface area contributed by atoms with Crippen LogP contribution < -0.4 is 5.32 Å². The average Bonchev–Trinajstić information content (AvgIpc) is 2.90. The van der Waals surface area contributed by atoms with Gasteiger partial charge >= 0.3 is 0 Å². The predicted octanol–water partition coefficient (Wildman–Crippen LogP) is 2.18. The maximum Gasteiger partial charge on any atom is 0.0399 e. The highest BCUT2D eigenvalue weighted by Crippen LogP contribution is 2.43. The third-order valence-corrected chi connectivity index (χ3v) is 2.84. The Morgan fingerprint density at radius 2 is 2.08 bits per heavy atom. The molecule has 0 aromatic carbocycles. The average molecular weight is 161 g/mol. The predicted molar refractivity (Wildman–Crippen MR) is 52.0 cm³/mol. The van der Waals surface area contributed by atoms with Crippen LogP contribution in [0.15, 0.2) is 36.0 Å². The van der Waals surface area contributed by atoms with Crippen molar-refractivity contribution in [3.8, 4) is 0 Å². The van der Waals surface area contributed by atoms with Crippen LogP contribution in [0.3, 0.4) is 0 Å². The second-order valence-electron chi connectivity index (χ2n) is 3.54. The summed E-state index contributed by atoms with van der Waals surface area (Å²) in [5, 5.41) is 3.41. The van der Waals surface area contributed by atoms with Crippen LogP contribution in [0.5, 0.6) is 0 Å². The summed E-state index contributed by atoms with van der Waals surface area (Å²) in [6, 6.07) is 0. The number of hydrogen-bond acceptors (Lipinski definition) is 1. The molecule has 0 spiro atoms. The molecule has 1 nitrogen and oxygen atoms in total. The quantitative estimate of drug-likeness (QED) is 0.654. The fourth-order valence-corrected chi connectivity index (χ4v) is 1.79. The molecule has 1 heteroatoms. The standard InChI is InChI=1S/C11H15N/c1-12-11(8-9-11)10-6-4-2-3-5-7-10/h2-6,12H,7-9H2,1H3. The van der Waals surface area contributed by atoms with Gasteiger partial charge in [-0.15, -0.1) is 0 Å². The fourth-order valence-electron chi connectivity index (χ4n) is 1.79. The van der Waals surface area contributed by atoms with Gasteiger partial charge in [0.15, 0.2) is 0 Å². The molecule has 0 aliphatic heterocycles. The number of nitrogens with one attached hydrogen (secondary N) is 1. The summed E-state index contributed by atoms with van der Waals surface area (Å²) in [4.78, 5) is 0. The zero-order valence-corrected chi connectivity index (χ0v) is 7.51. The van der Waals surface area contributed by atoms with Gasteiger partial charge in [0.25, 0.3) is 0 Å². The SMILES string of the molecule is CNC1(C2=CC=CC=CC2)CC1. The van der Waals surface area contributed by atoms with Gasteiger partial charge in [-0.05, 0) is 31.9 Å². The van der Waals surface area contributed by atoms with E-state index in [4.69, 9.17) is 0 Å². The lowest BCUT2D eigenvalue weighted by molar-refractivity contribution is 0.623. The Bertz CT molecular complexity index is 254. The van der Waals surface area contributed by atoms with Crippen molar-refractivity contribution in [2.75, 3.05) is 7.05 Å². The van der Waals surface area contributed by atoms with Crippen LogP contribution in [0.1, 0.15) is 19.3 Å².